The Morgan fingerprint density at radius 1 is 1.08 bits per heavy atom. The summed E-state index contributed by atoms with van der Waals surface area (Å²) in [5.41, 5.74) is 1.65. The molecule has 0 spiro atoms. The predicted octanol–water partition coefficient (Wildman–Crippen LogP) is 4.28. The predicted molar refractivity (Wildman–Crippen MR) is 134 cm³/mol. The molecule has 4 aliphatic carbocycles. The lowest BCUT2D eigenvalue weighted by Crippen LogP contribution is -2.61. The first kappa shape index (κ1) is 28.0. The summed E-state index contributed by atoms with van der Waals surface area (Å²) < 4.78 is 45.5. The SMILES string of the molecule is CCC1(C(=O)O[C@@H](C)OC(=O)[C@@]2(N)[C@H]3[C@@H](C[C@H]2OCc2ccc(F)cc2)[C@]3(F)C(=O)O)CC2CCCC(C2)C1. The van der Waals surface area contributed by atoms with Crippen molar-refractivity contribution in [2.45, 2.75) is 95.4 Å². The molecule has 0 heterocycles. The van der Waals surface area contributed by atoms with E-state index in [2.05, 4.69) is 0 Å². The van der Waals surface area contributed by atoms with Crippen LogP contribution >= 0.6 is 0 Å². The van der Waals surface area contributed by atoms with E-state index < -0.39 is 64.6 Å². The number of carbonyl (C=O) groups is 3. The van der Waals surface area contributed by atoms with Crippen LogP contribution in [-0.2, 0) is 35.2 Å². The van der Waals surface area contributed by atoms with Crippen molar-refractivity contribution >= 4 is 17.9 Å². The maximum Gasteiger partial charge on any atom is 0.342 e. The smallest absolute Gasteiger partial charge is 0.342 e. The van der Waals surface area contributed by atoms with Crippen LogP contribution in [0.4, 0.5) is 8.78 Å². The molecule has 0 aliphatic heterocycles. The number of alkyl halides is 1. The molecule has 10 heteroatoms. The Hall–Kier alpha value is -2.59. The number of hydrogen-bond acceptors (Lipinski definition) is 7. The second-order valence-electron chi connectivity index (χ2n) is 12.1. The van der Waals surface area contributed by atoms with Crippen molar-refractivity contribution in [2.24, 2.45) is 34.8 Å². The first-order valence-corrected chi connectivity index (χ1v) is 13.9. The summed E-state index contributed by atoms with van der Waals surface area (Å²) in [5.74, 6) is -5.02. The van der Waals surface area contributed by atoms with Crippen molar-refractivity contribution in [1.29, 1.82) is 0 Å². The number of ether oxygens (including phenoxy) is 3. The van der Waals surface area contributed by atoms with Gasteiger partial charge in [0.25, 0.3) is 0 Å². The van der Waals surface area contributed by atoms with Crippen molar-refractivity contribution in [1.82, 2.24) is 0 Å². The largest absolute Gasteiger partial charge is 0.479 e. The molecule has 0 amide bonds. The minimum Gasteiger partial charge on any atom is -0.479 e. The van der Waals surface area contributed by atoms with Crippen molar-refractivity contribution < 1.29 is 42.5 Å². The summed E-state index contributed by atoms with van der Waals surface area (Å²) in [6, 6.07) is 5.51. The molecular formula is C29H37F2NO7. The van der Waals surface area contributed by atoms with Gasteiger partial charge in [-0.05, 0) is 61.6 Å². The zero-order valence-corrected chi connectivity index (χ0v) is 22.4. The maximum absolute atomic E-state index is 15.3. The lowest BCUT2D eigenvalue weighted by atomic mass is 9.60. The van der Waals surface area contributed by atoms with Gasteiger partial charge in [-0.25, -0.2) is 18.4 Å². The fraction of sp³-hybridized carbons (Fsp3) is 0.690. The first-order valence-electron chi connectivity index (χ1n) is 13.9. The second-order valence-corrected chi connectivity index (χ2v) is 12.1. The average Bonchev–Trinajstić information content (AvgIpc) is 3.38. The van der Waals surface area contributed by atoms with Crippen LogP contribution in [0.2, 0.25) is 0 Å². The molecule has 1 aromatic rings. The number of hydrogen-bond donors (Lipinski definition) is 2. The first-order chi connectivity index (χ1) is 18.4. The van der Waals surface area contributed by atoms with E-state index in [1.807, 2.05) is 6.92 Å². The van der Waals surface area contributed by atoms with Crippen LogP contribution in [0.25, 0.3) is 0 Å². The van der Waals surface area contributed by atoms with Crippen molar-refractivity contribution in [3.63, 3.8) is 0 Å². The van der Waals surface area contributed by atoms with E-state index in [9.17, 15) is 23.9 Å². The van der Waals surface area contributed by atoms with Gasteiger partial charge in [0.05, 0.1) is 18.1 Å². The molecule has 214 valence electrons. The highest BCUT2D eigenvalue weighted by atomic mass is 19.1. The lowest BCUT2D eigenvalue weighted by Gasteiger charge is -2.45. The van der Waals surface area contributed by atoms with E-state index in [1.54, 1.807) is 0 Å². The van der Waals surface area contributed by atoms with E-state index in [4.69, 9.17) is 19.9 Å². The van der Waals surface area contributed by atoms with E-state index in [-0.39, 0.29) is 13.0 Å². The van der Waals surface area contributed by atoms with Crippen LogP contribution in [0.3, 0.4) is 0 Å². The van der Waals surface area contributed by atoms with E-state index in [0.717, 1.165) is 32.1 Å². The molecule has 1 aromatic carbocycles. The zero-order valence-electron chi connectivity index (χ0n) is 22.4. The van der Waals surface area contributed by atoms with Crippen LogP contribution in [0.15, 0.2) is 24.3 Å². The summed E-state index contributed by atoms with van der Waals surface area (Å²) in [6.45, 7) is 3.32. The van der Waals surface area contributed by atoms with Crippen LogP contribution in [0.1, 0.15) is 70.8 Å². The Balaban J connectivity index is 1.28. The third kappa shape index (κ3) is 4.73. The molecule has 4 fully saturated rings. The monoisotopic (exact) mass is 549 g/mol. The van der Waals surface area contributed by atoms with Gasteiger partial charge in [0.15, 0.2) is 0 Å². The van der Waals surface area contributed by atoms with Crippen molar-refractivity contribution in [3.8, 4) is 0 Å². The highest BCUT2D eigenvalue weighted by molar-refractivity contribution is 5.91. The van der Waals surface area contributed by atoms with Crippen LogP contribution < -0.4 is 5.73 Å². The van der Waals surface area contributed by atoms with E-state index in [1.165, 1.54) is 37.6 Å². The number of carboxylic acid groups (broad SMARTS) is 1. The third-order valence-electron chi connectivity index (χ3n) is 9.75. The normalized spacial score (nSPS) is 39.4. The standard InChI is InChI=1S/C29H37F2NO7/c1-3-27(13-18-5-4-6-19(11-18)14-27)25(35)38-16(2)39-26(36)29(32)22(12-21-23(29)28(21,31)24(33)34)37-15-17-7-9-20(30)10-8-17/h7-10,16,18-19,21-23H,3-6,11-15,32H2,1-2H3,(H,33,34)/t16-,18?,19?,21-,22-,23+,27?,28-,29+/m1/s1. The van der Waals surface area contributed by atoms with Crippen LogP contribution in [-0.4, -0.2) is 46.6 Å². The van der Waals surface area contributed by atoms with Crippen LogP contribution in [0.5, 0.6) is 0 Å². The number of rotatable bonds is 9. The molecule has 0 radical (unpaired) electrons. The summed E-state index contributed by atoms with van der Waals surface area (Å²) in [7, 11) is 0. The van der Waals surface area contributed by atoms with Gasteiger partial charge in [0, 0.05) is 18.8 Å². The van der Waals surface area contributed by atoms with Gasteiger partial charge in [-0.3, -0.25) is 4.79 Å². The Labute approximate surface area is 226 Å². The molecule has 8 atom stereocenters. The van der Waals surface area contributed by atoms with Gasteiger partial charge in [-0.1, -0.05) is 38.3 Å². The highest BCUT2D eigenvalue weighted by Crippen LogP contribution is 2.67. The molecule has 39 heavy (non-hydrogen) atoms. The number of fused-ring (bicyclic) bond motifs is 3. The number of halogens is 2. The van der Waals surface area contributed by atoms with Crippen molar-refractivity contribution in [2.75, 3.05) is 0 Å². The van der Waals surface area contributed by atoms with Gasteiger partial charge >= 0.3 is 17.9 Å². The van der Waals surface area contributed by atoms with Crippen molar-refractivity contribution in [3.05, 3.63) is 35.6 Å². The average molecular weight is 550 g/mol. The summed E-state index contributed by atoms with van der Waals surface area (Å²) in [4.78, 5) is 38.5. The van der Waals surface area contributed by atoms with E-state index in [0.29, 0.717) is 23.8 Å². The van der Waals surface area contributed by atoms with Gasteiger partial charge in [0.2, 0.25) is 12.0 Å². The number of nitrogens with two attached hydrogens (primary N) is 1. The Kier molecular flexibility index (Phi) is 7.24. The Morgan fingerprint density at radius 3 is 2.28 bits per heavy atom. The molecule has 8 nitrogen and oxygen atoms in total. The summed E-state index contributed by atoms with van der Waals surface area (Å²) >= 11 is 0. The molecule has 0 aromatic heterocycles. The lowest BCUT2D eigenvalue weighted by molar-refractivity contribution is -0.202. The molecule has 4 saturated carbocycles. The summed E-state index contributed by atoms with van der Waals surface area (Å²) in [5, 5.41) is 9.49. The maximum atomic E-state index is 15.3. The molecule has 0 saturated heterocycles. The zero-order chi connectivity index (χ0) is 28.2. The fourth-order valence-electron chi connectivity index (χ4n) is 7.69. The van der Waals surface area contributed by atoms with Gasteiger partial charge in [0.1, 0.15) is 11.4 Å². The quantitative estimate of drug-likeness (QED) is 0.345. The molecule has 2 bridgehead atoms. The molecular weight excluding hydrogens is 512 g/mol. The summed E-state index contributed by atoms with van der Waals surface area (Å²) in [6.07, 6.45) is 4.16. The highest BCUT2D eigenvalue weighted by Gasteiger charge is 2.85. The molecule has 3 N–H and O–H groups in total. The van der Waals surface area contributed by atoms with Gasteiger partial charge in [-0.2, -0.15) is 0 Å². The Bertz CT molecular complexity index is 1120. The topological polar surface area (TPSA) is 125 Å². The minimum atomic E-state index is -2.67. The van der Waals surface area contributed by atoms with E-state index >= 15 is 4.39 Å². The number of benzene rings is 1. The molecule has 4 aliphatic rings. The number of esters is 2. The minimum absolute atomic E-state index is 0.0468. The third-order valence-corrected chi connectivity index (χ3v) is 9.75. The fourth-order valence-corrected chi connectivity index (χ4v) is 7.69. The van der Waals surface area contributed by atoms with Gasteiger partial charge in [-0.15, -0.1) is 0 Å². The second kappa shape index (κ2) is 10.1. The number of carbonyl (C=O) groups excluding carboxylic acids is 2. The van der Waals surface area contributed by atoms with Crippen LogP contribution in [0, 0.1) is 34.9 Å². The molecule has 2 unspecified atom stereocenters. The van der Waals surface area contributed by atoms with Gasteiger partial charge < -0.3 is 25.1 Å². The number of carboxylic acids is 1. The Morgan fingerprint density at radius 2 is 1.69 bits per heavy atom. The number of aliphatic carboxylic acids is 1. The molecule has 5 rings (SSSR count).